The highest BCUT2D eigenvalue weighted by atomic mass is 16.6. The third-order valence-electron chi connectivity index (χ3n) is 5.61. The van der Waals surface area contributed by atoms with Gasteiger partial charge in [-0.05, 0) is 35.1 Å². The lowest BCUT2D eigenvalue weighted by Crippen LogP contribution is -2.45. The van der Waals surface area contributed by atoms with Crippen LogP contribution in [0.15, 0.2) is 48.5 Å². The number of carboxylic acid groups (broad SMARTS) is 1. The van der Waals surface area contributed by atoms with E-state index in [1.54, 1.807) is 0 Å². The van der Waals surface area contributed by atoms with E-state index in [1.807, 2.05) is 24.3 Å². The molecule has 2 aromatic carbocycles. The van der Waals surface area contributed by atoms with Gasteiger partial charge in [0.15, 0.2) is 0 Å². The second kappa shape index (κ2) is 7.43. The average molecular weight is 365 g/mol. The summed E-state index contributed by atoms with van der Waals surface area (Å²) in [4.78, 5) is 25.6. The molecule has 1 saturated heterocycles. The quantitative estimate of drug-likeness (QED) is 0.882. The van der Waals surface area contributed by atoms with Gasteiger partial charge in [0.2, 0.25) is 0 Å². The Labute approximate surface area is 158 Å². The third-order valence-corrected chi connectivity index (χ3v) is 5.61. The van der Waals surface area contributed by atoms with Gasteiger partial charge in [-0.1, -0.05) is 61.4 Å². The van der Waals surface area contributed by atoms with E-state index >= 15 is 0 Å². The fourth-order valence-electron chi connectivity index (χ4n) is 4.26. The number of hydrogen-bond acceptors (Lipinski definition) is 3. The van der Waals surface area contributed by atoms with Crippen LogP contribution in [0.3, 0.4) is 0 Å². The maximum absolute atomic E-state index is 12.7. The lowest BCUT2D eigenvalue weighted by molar-refractivity contribution is -0.142. The van der Waals surface area contributed by atoms with Crippen LogP contribution in [-0.2, 0) is 9.53 Å². The summed E-state index contributed by atoms with van der Waals surface area (Å²) in [6.45, 7) is 0.656. The first-order chi connectivity index (χ1) is 13.2. The van der Waals surface area contributed by atoms with Crippen LogP contribution in [0.2, 0.25) is 0 Å². The van der Waals surface area contributed by atoms with Crippen LogP contribution in [0.5, 0.6) is 0 Å². The molecule has 1 heterocycles. The van der Waals surface area contributed by atoms with Gasteiger partial charge in [-0.25, -0.2) is 9.59 Å². The van der Waals surface area contributed by atoms with Crippen LogP contribution in [0.4, 0.5) is 4.79 Å². The molecule has 27 heavy (non-hydrogen) atoms. The number of carbonyl (C=O) groups is 2. The highest BCUT2D eigenvalue weighted by molar-refractivity contribution is 5.81. The number of carbonyl (C=O) groups excluding carboxylic acids is 1. The van der Waals surface area contributed by atoms with Gasteiger partial charge < -0.3 is 9.84 Å². The number of likely N-dealkylation sites (tertiary alicyclic amines) is 1. The predicted octanol–water partition coefficient (Wildman–Crippen LogP) is 4.26. The highest BCUT2D eigenvalue weighted by Gasteiger charge is 2.34. The van der Waals surface area contributed by atoms with Crippen molar-refractivity contribution in [2.24, 2.45) is 0 Å². The van der Waals surface area contributed by atoms with Gasteiger partial charge in [-0.3, -0.25) is 4.90 Å². The second-order valence-corrected chi connectivity index (χ2v) is 7.20. The molecule has 1 atom stereocenters. The molecule has 5 heteroatoms. The molecule has 2 aliphatic rings. The standard InChI is InChI=1S/C22H23NO4/c24-21(25)20-12-2-1-7-13-23(20)22(26)27-14-19-17-10-5-3-8-15(17)16-9-4-6-11-18(16)19/h3-6,8-11,19-20H,1-2,7,12-14H2,(H,24,25)/t20-/m1/s1. The van der Waals surface area contributed by atoms with Crippen LogP contribution in [0, 0.1) is 0 Å². The number of ether oxygens (including phenoxy) is 1. The summed E-state index contributed by atoms with van der Waals surface area (Å²) in [5.74, 6) is -0.970. The Morgan fingerprint density at radius 3 is 2.22 bits per heavy atom. The van der Waals surface area contributed by atoms with E-state index in [0.29, 0.717) is 13.0 Å². The first-order valence-corrected chi connectivity index (χ1v) is 9.51. The van der Waals surface area contributed by atoms with Crippen LogP contribution in [0.25, 0.3) is 11.1 Å². The van der Waals surface area contributed by atoms with Gasteiger partial charge in [0.05, 0.1) is 0 Å². The summed E-state index contributed by atoms with van der Waals surface area (Å²) < 4.78 is 5.64. The van der Waals surface area contributed by atoms with Crippen molar-refractivity contribution in [2.75, 3.05) is 13.2 Å². The van der Waals surface area contributed by atoms with Crippen molar-refractivity contribution < 1.29 is 19.4 Å². The van der Waals surface area contributed by atoms with E-state index in [2.05, 4.69) is 24.3 Å². The summed E-state index contributed by atoms with van der Waals surface area (Å²) >= 11 is 0. The van der Waals surface area contributed by atoms with E-state index in [-0.39, 0.29) is 12.5 Å². The summed E-state index contributed by atoms with van der Waals surface area (Å²) in [6, 6.07) is 15.5. The average Bonchev–Trinajstić information content (AvgIpc) is 2.83. The number of nitrogens with zero attached hydrogens (tertiary/aromatic N) is 1. The van der Waals surface area contributed by atoms with Crippen molar-refractivity contribution in [3.63, 3.8) is 0 Å². The molecule has 1 aliphatic heterocycles. The number of hydrogen-bond donors (Lipinski definition) is 1. The molecule has 1 aliphatic carbocycles. The zero-order valence-electron chi connectivity index (χ0n) is 15.1. The molecule has 0 bridgehead atoms. The Morgan fingerprint density at radius 2 is 1.59 bits per heavy atom. The van der Waals surface area contributed by atoms with Crippen LogP contribution < -0.4 is 0 Å². The van der Waals surface area contributed by atoms with E-state index in [1.165, 1.54) is 16.0 Å². The van der Waals surface area contributed by atoms with E-state index in [4.69, 9.17) is 4.74 Å². The minimum atomic E-state index is -0.953. The smallest absolute Gasteiger partial charge is 0.410 e. The maximum atomic E-state index is 12.7. The van der Waals surface area contributed by atoms with Gasteiger partial charge >= 0.3 is 12.1 Å². The molecule has 0 saturated carbocycles. The maximum Gasteiger partial charge on any atom is 0.410 e. The zero-order chi connectivity index (χ0) is 18.8. The Morgan fingerprint density at radius 1 is 0.963 bits per heavy atom. The Kier molecular flexibility index (Phi) is 4.84. The number of carboxylic acids is 1. The van der Waals surface area contributed by atoms with Crippen molar-refractivity contribution in [2.45, 2.75) is 37.6 Å². The SMILES string of the molecule is O=C(O)[C@H]1CCCCCN1C(=O)OCC1c2ccccc2-c2ccccc21. The number of amides is 1. The van der Waals surface area contributed by atoms with E-state index < -0.39 is 18.1 Å². The minimum Gasteiger partial charge on any atom is -0.480 e. The Bertz CT molecular complexity index is 817. The normalized spacial score (nSPS) is 19.1. The number of benzene rings is 2. The molecule has 140 valence electrons. The fourth-order valence-corrected chi connectivity index (χ4v) is 4.26. The molecule has 2 aromatic rings. The summed E-state index contributed by atoms with van der Waals surface area (Å²) in [5.41, 5.74) is 4.65. The van der Waals surface area contributed by atoms with Crippen molar-refractivity contribution in [3.05, 3.63) is 59.7 Å². The molecule has 1 N–H and O–H groups in total. The fraction of sp³-hybridized carbons (Fsp3) is 0.364. The predicted molar refractivity (Wildman–Crippen MR) is 102 cm³/mol. The minimum absolute atomic E-state index is 0.0170. The highest BCUT2D eigenvalue weighted by Crippen LogP contribution is 2.44. The van der Waals surface area contributed by atoms with Crippen LogP contribution in [-0.4, -0.2) is 41.3 Å². The molecule has 5 nitrogen and oxygen atoms in total. The molecule has 0 spiro atoms. The van der Waals surface area contributed by atoms with Gasteiger partial charge in [0, 0.05) is 12.5 Å². The lowest BCUT2D eigenvalue weighted by Gasteiger charge is -2.27. The van der Waals surface area contributed by atoms with Gasteiger partial charge in [0.25, 0.3) is 0 Å². The molecule has 1 amide bonds. The number of rotatable bonds is 3. The summed E-state index contributed by atoms with van der Waals surface area (Å²) in [6.07, 6.45) is 2.54. The summed E-state index contributed by atoms with van der Waals surface area (Å²) in [5, 5.41) is 9.47. The first-order valence-electron chi connectivity index (χ1n) is 9.51. The van der Waals surface area contributed by atoms with Gasteiger partial charge in [0.1, 0.15) is 12.6 Å². The van der Waals surface area contributed by atoms with Gasteiger partial charge in [-0.15, -0.1) is 0 Å². The van der Waals surface area contributed by atoms with E-state index in [9.17, 15) is 14.7 Å². The van der Waals surface area contributed by atoms with E-state index in [0.717, 1.165) is 30.4 Å². The monoisotopic (exact) mass is 365 g/mol. The second-order valence-electron chi connectivity index (χ2n) is 7.20. The molecule has 0 radical (unpaired) electrons. The number of aliphatic carboxylic acids is 1. The molecular weight excluding hydrogens is 342 g/mol. The van der Waals surface area contributed by atoms with Crippen molar-refractivity contribution in [1.29, 1.82) is 0 Å². The molecular formula is C22H23NO4. The molecule has 1 fully saturated rings. The summed E-state index contributed by atoms with van der Waals surface area (Å²) in [7, 11) is 0. The van der Waals surface area contributed by atoms with Crippen molar-refractivity contribution in [3.8, 4) is 11.1 Å². The number of fused-ring (bicyclic) bond motifs is 3. The third kappa shape index (κ3) is 3.29. The Balaban J connectivity index is 1.53. The lowest BCUT2D eigenvalue weighted by atomic mass is 9.98. The molecule has 4 rings (SSSR count). The first kappa shape index (κ1) is 17.6. The molecule has 0 unspecified atom stereocenters. The van der Waals surface area contributed by atoms with Gasteiger partial charge in [-0.2, -0.15) is 0 Å². The van der Waals surface area contributed by atoms with Crippen LogP contribution in [0.1, 0.15) is 42.7 Å². The Hall–Kier alpha value is -2.82. The molecule has 0 aromatic heterocycles. The topological polar surface area (TPSA) is 66.8 Å². The van der Waals surface area contributed by atoms with Crippen molar-refractivity contribution >= 4 is 12.1 Å². The van der Waals surface area contributed by atoms with Crippen LogP contribution >= 0.6 is 0 Å². The van der Waals surface area contributed by atoms with Crippen molar-refractivity contribution in [1.82, 2.24) is 4.90 Å². The largest absolute Gasteiger partial charge is 0.480 e. The zero-order valence-corrected chi connectivity index (χ0v) is 15.1.